The molecule has 53 heavy (non-hydrogen) atoms. The van der Waals surface area contributed by atoms with Crippen LogP contribution in [0.3, 0.4) is 0 Å². The molecule has 1 aliphatic heterocycles. The van der Waals surface area contributed by atoms with Gasteiger partial charge >= 0.3 is 10.4 Å². The number of unbranched alkanes of at least 4 members (excludes halogenated alkanes) is 18. The number of aliphatic hydroxyl groups excluding tert-OH is 5. The topological polar surface area (TPSA) is 212 Å². The number of nitrogens with one attached hydrogen (secondary N) is 1. The Kier molecular flexibility index (Phi) is 28.7. The predicted molar refractivity (Wildman–Crippen MR) is 205 cm³/mol. The Labute approximate surface area is 319 Å². The minimum atomic E-state index is -5.11. The third-order valence-electron chi connectivity index (χ3n) is 9.59. The van der Waals surface area contributed by atoms with E-state index in [-0.39, 0.29) is 6.42 Å². The quantitative estimate of drug-likeness (QED) is 0.0248. The first-order chi connectivity index (χ1) is 25.4. The monoisotopic (exact) mass is 779 g/mol. The fourth-order valence-electron chi connectivity index (χ4n) is 6.30. The molecule has 0 aromatic heterocycles. The van der Waals surface area contributed by atoms with E-state index in [9.17, 15) is 38.7 Å². The fraction of sp³-hybridized carbons (Fsp3) is 0.872. The Morgan fingerprint density at radius 1 is 0.755 bits per heavy atom. The molecular formula is C39H73NO12S. The summed E-state index contributed by atoms with van der Waals surface area (Å²) in [5, 5.41) is 54.8. The molecule has 0 radical (unpaired) electrons. The number of carbonyl (C=O) groups is 1. The number of ether oxygens (including phenoxy) is 2. The van der Waals surface area contributed by atoms with Gasteiger partial charge in [0.05, 0.1) is 25.4 Å². The van der Waals surface area contributed by atoms with Crippen LogP contribution in [-0.2, 0) is 28.9 Å². The summed E-state index contributed by atoms with van der Waals surface area (Å²) in [6.45, 7) is 3.13. The van der Waals surface area contributed by atoms with Gasteiger partial charge in [-0.3, -0.25) is 9.35 Å². The molecule has 1 aliphatic rings. The summed E-state index contributed by atoms with van der Waals surface area (Å²) < 4.78 is 47.2. The first kappa shape index (κ1) is 49.6. The molecule has 1 heterocycles. The summed E-state index contributed by atoms with van der Waals surface area (Å²) in [7, 11) is -5.11. The van der Waals surface area contributed by atoms with E-state index in [1.165, 1.54) is 89.5 Å². The summed E-state index contributed by atoms with van der Waals surface area (Å²) >= 11 is 0. The summed E-state index contributed by atoms with van der Waals surface area (Å²) in [4.78, 5) is 13.0. The van der Waals surface area contributed by atoms with Crippen molar-refractivity contribution in [3.05, 3.63) is 24.3 Å². The Morgan fingerprint density at radius 3 is 1.81 bits per heavy atom. The van der Waals surface area contributed by atoms with E-state index in [4.69, 9.17) is 14.0 Å². The molecule has 0 aromatic rings. The standard InChI is InChI=1S/C39H73NO12S/c1-3-5-7-9-11-13-15-16-17-18-20-22-24-26-28-33(43)38(46)40-31(32(42)27-25-23-21-19-14-12-10-8-6-4-2)30-50-39-36(45)37(52-53(47,48)49)35(44)34(29-41)51-39/h14,19,25,27,31-37,39,41-45H,3-13,15-18,20-24,26,28-30H2,1-2H3,(H,40,46)(H,47,48,49)/b19-14+,27-25+. The van der Waals surface area contributed by atoms with Crippen molar-refractivity contribution in [2.24, 2.45) is 0 Å². The van der Waals surface area contributed by atoms with E-state index in [0.717, 1.165) is 38.5 Å². The lowest BCUT2D eigenvalue weighted by Gasteiger charge is -2.41. The molecule has 14 heteroatoms. The van der Waals surface area contributed by atoms with E-state index in [1.807, 2.05) is 0 Å². The molecule has 312 valence electrons. The van der Waals surface area contributed by atoms with Crippen LogP contribution < -0.4 is 5.32 Å². The highest BCUT2D eigenvalue weighted by Crippen LogP contribution is 2.26. The molecular weight excluding hydrogens is 706 g/mol. The van der Waals surface area contributed by atoms with Gasteiger partial charge in [0.25, 0.3) is 0 Å². The molecule has 0 saturated carbocycles. The zero-order chi connectivity index (χ0) is 39.3. The fourth-order valence-corrected chi connectivity index (χ4v) is 6.81. The lowest BCUT2D eigenvalue weighted by atomic mass is 9.99. The summed E-state index contributed by atoms with van der Waals surface area (Å²) in [6, 6.07) is -1.13. The molecule has 1 saturated heterocycles. The van der Waals surface area contributed by atoms with Crippen LogP contribution in [0.2, 0.25) is 0 Å². The Bertz CT molecular complexity index is 1070. The zero-order valence-corrected chi connectivity index (χ0v) is 33.3. The highest BCUT2D eigenvalue weighted by Gasteiger charge is 2.48. The number of aliphatic hydroxyl groups is 5. The van der Waals surface area contributed by atoms with Crippen LogP contribution in [-0.4, -0.2) is 107 Å². The third kappa shape index (κ3) is 23.9. The number of hydrogen-bond acceptors (Lipinski definition) is 11. The van der Waals surface area contributed by atoms with Gasteiger partial charge < -0.3 is 40.3 Å². The maximum atomic E-state index is 13.0. The van der Waals surface area contributed by atoms with Gasteiger partial charge in [0.1, 0.15) is 30.5 Å². The van der Waals surface area contributed by atoms with Crippen LogP contribution in [0.5, 0.6) is 0 Å². The number of hydrogen-bond donors (Lipinski definition) is 7. The van der Waals surface area contributed by atoms with E-state index < -0.39 is 78.5 Å². The van der Waals surface area contributed by atoms with Crippen molar-refractivity contribution in [2.75, 3.05) is 13.2 Å². The van der Waals surface area contributed by atoms with Gasteiger partial charge in [-0.1, -0.05) is 147 Å². The second kappa shape index (κ2) is 30.7. The molecule has 8 unspecified atom stereocenters. The Morgan fingerprint density at radius 2 is 1.26 bits per heavy atom. The maximum absolute atomic E-state index is 13.0. The largest absolute Gasteiger partial charge is 0.397 e. The van der Waals surface area contributed by atoms with Crippen molar-refractivity contribution < 1.29 is 57.0 Å². The predicted octanol–water partition coefficient (Wildman–Crippen LogP) is 5.57. The van der Waals surface area contributed by atoms with E-state index in [0.29, 0.717) is 12.8 Å². The molecule has 1 rings (SSSR count). The van der Waals surface area contributed by atoms with E-state index in [1.54, 1.807) is 6.08 Å². The summed E-state index contributed by atoms with van der Waals surface area (Å²) in [5.74, 6) is -0.715. The van der Waals surface area contributed by atoms with Crippen molar-refractivity contribution in [2.45, 2.75) is 204 Å². The van der Waals surface area contributed by atoms with Gasteiger partial charge in [-0.2, -0.15) is 8.42 Å². The summed E-state index contributed by atoms with van der Waals surface area (Å²) in [5.41, 5.74) is 0. The van der Waals surface area contributed by atoms with Crippen molar-refractivity contribution in [3.8, 4) is 0 Å². The zero-order valence-electron chi connectivity index (χ0n) is 32.4. The second-order valence-electron chi connectivity index (χ2n) is 14.4. The smallest absolute Gasteiger partial charge is 0.394 e. The first-order valence-electron chi connectivity index (χ1n) is 20.3. The molecule has 13 nitrogen and oxygen atoms in total. The SMILES string of the molecule is CCCCCC/C=C/CC/C=C/C(O)C(COC1OC(CO)C(O)C(OS(=O)(=O)O)C1O)NC(=O)C(O)CCCCCCCCCCCCCCCC. The van der Waals surface area contributed by atoms with Crippen LogP contribution in [0, 0.1) is 0 Å². The Hall–Kier alpha value is -1.46. The Balaban J connectivity index is 2.67. The number of carbonyl (C=O) groups excluding carboxylic acids is 1. The van der Waals surface area contributed by atoms with Crippen molar-refractivity contribution in [1.29, 1.82) is 0 Å². The lowest BCUT2D eigenvalue weighted by molar-refractivity contribution is -0.298. The highest BCUT2D eigenvalue weighted by molar-refractivity contribution is 7.80. The van der Waals surface area contributed by atoms with E-state index in [2.05, 4.69) is 35.5 Å². The van der Waals surface area contributed by atoms with Gasteiger partial charge in [-0.05, 0) is 32.1 Å². The van der Waals surface area contributed by atoms with Gasteiger partial charge in [0.2, 0.25) is 5.91 Å². The molecule has 8 atom stereocenters. The van der Waals surface area contributed by atoms with E-state index >= 15 is 0 Å². The maximum Gasteiger partial charge on any atom is 0.397 e. The molecule has 7 N–H and O–H groups in total. The van der Waals surface area contributed by atoms with Crippen LogP contribution in [0.4, 0.5) is 0 Å². The van der Waals surface area contributed by atoms with Crippen LogP contribution in [0.25, 0.3) is 0 Å². The minimum Gasteiger partial charge on any atom is -0.394 e. The molecule has 0 aliphatic carbocycles. The molecule has 1 fully saturated rings. The van der Waals surface area contributed by atoms with Gasteiger partial charge in [0, 0.05) is 0 Å². The normalized spacial score (nSPS) is 22.8. The van der Waals surface area contributed by atoms with Crippen molar-refractivity contribution >= 4 is 16.3 Å². The number of allylic oxidation sites excluding steroid dienone is 3. The number of rotatable bonds is 33. The molecule has 0 bridgehead atoms. The molecule has 1 amide bonds. The second-order valence-corrected chi connectivity index (χ2v) is 15.4. The van der Waals surface area contributed by atoms with Crippen molar-refractivity contribution in [3.63, 3.8) is 0 Å². The van der Waals surface area contributed by atoms with Crippen LogP contribution >= 0.6 is 0 Å². The number of amides is 1. The average molecular weight is 780 g/mol. The van der Waals surface area contributed by atoms with Crippen LogP contribution in [0.1, 0.15) is 155 Å². The highest BCUT2D eigenvalue weighted by atomic mass is 32.3. The van der Waals surface area contributed by atoms with Crippen LogP contribution in [0.15, 0.2) is 24.3 Å². The van der Waals surface area contributed by atoms with Gasteiger partial charge in [-0.25, -0.2) is 4.18 Å². The van der Waals surface area contributed by atoms with Crippen molar-refractivity contribution in [1.82, 2.24) is 5.32 Å². The summed E-state index contributed by atoms with van der Waals surface area (Å²) in [6.07, 6.45) is 20.0. The lowest BCUT2D eigenvalue weighted by Crippen LogP contribution is -2.61. The first-order valence-corrected chi connectivity index (χ1v) is 21.7. The minimum absolute atomic E-state index is 0.239. The van der Waals surface area contributed by atoms with Gasteiger partial charge in [-0.15, -0.1) is 0 Å². The average Bonchev–Trinajstić information content (AvgIpc) is 3.12. The third-order valence-corrected chi connectivity index (χ3v) is 10.1. The van der Waals surface area contributed by atoms with Gasteiger partial charge in [0.15, 0.2) is 6.29 Å². The molecule has 0 spiro atoms. The molecule has 0 aromatic carbocycles.